The summed E-state index contributed by atoms with van der Waals surface area (Å²) in [7, 11) is 0. The quantitative estimate of drug-likeness (QED) is 0.660. The van der Waals surface area contributed by atoms with Gasteiger partial charge in [-0.25, -0.2) is 0 Å². The Morgan fingerprint density at radius 1 is 1.55 bits per heavy atom. The second kappa shape index (κ2) is 3.14. The standard InChI is InChI=1S/C10H21N/c1-5-8(2)11-9-6-7-10(9,3)4/h8-9,11H,5-7H2,1-4H3. The maximum Gasteiger partial charge on any atom is 0.0121 e. The van der Waals surface area contributed by atoms with E-state index in [9.17, 15) is 0 Å². The van der Waals surface area contributed by atoms with Crippen molar-refractivity contribution in [2.24, 2.45) is 5.41 Å². The van der Waals surface area contributed by atoms with Crippen molar-refractivity contribution in [2.45, 2.75) is 59.0 Å². The molecule has 2 atom stereocenters. The van der Waals surface area contributed by atoms with Crippen molar-refractivity contribution in [3.8, 4) is 0 Å². The second-order valence-corrected chi connectivity index (χ2v) is 4.56. The Hall–Kier alpha value is -0.0400. The van der Waals surface area contributed by atoms with E-state index in [2.05, 4.69) is 33.0 Å². The first-order valence-corrected chi connectivity index (χ1v) is 4.82. The highest BCUT2D eigenvalue weighted by atomic mass is 15.0. The lowest BCUT2D eigenvalue weighted by atomic mass is 9.67. The minimum absolute atomic E-state index is 0.559. The fourth-order valence-corrected chi connectivity index (χ4v) is 1.64. The zero-order chi connectivity index (χ0) is 8.48. The molecule has 66 valence electrons. The SMILES string of the molecule is CCC(C)NC1CCC1(C)C. The molecule has 0 bridgehead atoms. The second-order valence-electron chi connectivity index (χ2n) is 4.56. The van der Waals surface area contributed by atoms with Gasteiger partial charge in [-0.15, -0.1) is 0 Å². The third kappa shape index (κ3) is 1.96. The zero-order valence-electron chi connectivity index (χ0n) is 8.28. The zero-order valence-corrected chi connectivity index (χ0v) is 8.28. The predicted molar refractivity (Wildman–Crippen MR) is 49.7 cm³/mol. The van der Waals surface area contributed by atoms with Gasteiger partial charge in [0, 0.05) is 12.1 Å². The van der Waals surface area contributed by atoms with E-state index in [0.717, 1.165) is 6.04 Å². The predicted octanol–water partition coefficient (Wildman–Crippen LogP) is 2.56. The summed E-state index contributed by atoms with van der Waals surface area (Å²) in [6, 6.07) is 1.47. The number of hydrogen-bond donors (Lipinski definition) is 1. The Labute approximate surface area is 70.6 Å². The van der Waals surface area contributed by atoms with Crippen LogP contribution in [0.25, 0.3) is 0 Å². The molecule has 11 heavy (non-hydrogen) atoms. The molecule has 0 radical (unpaired) electrons. The summed E-state index contributed by atoms with van der Waals surface area (Å²) in [5, 5.41) is 3.66. The van der Waals surface area contributed by atoms with Gasteiger partial charge in [-0.05, 0) is 31.6 Å². The summed E-state index contributed by atoms with van der Waals surface area (Å²) >= 11 is 0. The highest BCUT2D eigenvalue weighted by Gasteiger charge is 2.38. The molecule has 0 aromatic carbocycles. The third-order valence-electron chi connectivity index (χ3n) is 3.12. The topological polar surface area (TPSA) is 12.0 Å². The molecule has 1 aliphatic carbocycles. The van der Waals surface area contributed by atoms with Gasteiger partial charge in [0.05, 0.1) is 0 Å². The molecule has 0 spiro atoms. The normalized spacial score (nSPS) is 31.1. The Bertz CT molecular complexity index is 129. The van der Waals surface area contributed by atoms with Crippen molar-refractivity contribution in [2.75, 3.05) is 0 Å². The van der Waals surface area contributed by atoms with Crippen LogP contribution in [0.15, 0.2) is 0 Å². The minimum atomic E-state index is 0.559. The average Bonchev–Trinajstić information content (AvgIpc) is 1.98. The van der Waals surface area contributed by atoms with Gasteiger partial charge in [-0.2, -0.15) is 0 Å². The maximum atomic E-state index is 3.66. The summed E-state index contributed by atoms with van der Waals surface area (Å²) < 4.78 is 0. The molecule has 0 aromatic heterocycles. The van der Waals surface area contributed by atoms with Crippen molar-refractivity contribution in [3.05, 3.63) is 0 Å². The molecule has 1 aliphatic rings. The van der Waals surface area contributed by atoms with Crippen molar-refractivity contribution in [1.82, 2.24) is 5.32 Å². The molecule has 1 N–H and O–H groups in total. The maximum absolute atomic E-state index is 3.66. The van der Waals surface area contributed by atoms with E-state index < -0.39 is 0 Å². The van der Waals surface area contributed by atoms with E-state index in [0.29, 0.717) is 11.5 Å². The number of hydrogen-bond acceptors (Lipinski definition) is 1. The molecule has 0 saturated heterocycles. The molecule has 1 rings (SSSR count). The Morgan fingerprint density at radius 2 is 2.18 bits per heavy atom. The van der Waals surface area contributed by atoms with Crippen LogP contribution < -0.4 is 5.32 Å². The smallest absolute Gasteiger partial charge is 0.0121 e. The summed E-state index contributed by atoms with van der Waals surface area (Å²) in [4.78, 5) is 0. The van der Waals surface area contributed by atoms with Crippen molar-refractivity contribution < 1.29 is 0 Å². The molecule has 0 aromatic rings. The van der Waals surface area contributed by atoms with Crippen molar-refractivity contribution >= 4 is 0 Å². The van der Waals surface area contributed by atoms with Gasteiger partial charge in [0.15, 0.2) is 0 Å². The molecule has 1 nitrogen and oxygen atoms in total. The monoisotopic (exact) mass is 155 g/mol. The summed E-state index contributed by atoms with van der Waals surface area (Å²) in [6.07, 6.45) is 4.00. The first-order chi connectivity index (χ1) is 5.06. The fourth-order valence-electron chi connectivity index (χ4n) is 1.64. The number of nitrogens with one attached hydrogen (secondary N) is 1. The van der Waals surface area contributed by atoms with E-state index >= 15 is 0 Å². The highest BCUT2D eigenvalue weighted by Crippen LogP contribution is 2.40. The van der Waals surface area contributed by atoms with Gasteiger partial charge in [0.2, 0.25) is 0 Å². The van der Waals surface area contributed by atoms with E-state index in [1.165, 1.54) is 19.3 Å². The molecular weight excluding hydrogens is 134 g/mol. The number of rotatable bonds is 3. The molecule has 1 saturated carbocycles. The summed E-state index contributed by atoms with van der Waals surface area (Å²) in [6.45, 7) is 9.23. The van der Waals surface area contributed by atoms with E-state index in [-0.39, 0.29) is 0 Å². The van der Waals surface area contributed by atoms with E-state index in [1.54, 1.807) is 0 Å². The lowest BCUT2D eigenvalue weighted by molar-refractivity contribution is 0.0993. The van der Waals surface area contributed by atoms with E-state index in [1.807, 2.05) is 0 Å². The summed E-state index contributed by atoms with van der Waals surface area (Å²) in [5.74, 6) is 0. The Balaban J connectivity index is 2.28. The molecule has 2 unspecified atom stereocenters. The average molecular weight is 155 g/mol. The van der Waals surface area contributed by atoms with Crippen LogP contribution >= 0.6 is 0 Å². The highest BCUT2D eigenvalue weighted by molar-refractivity contribution is 4.94. The first-order valence-electron chi connectivity index (χ1n) is 4.82. The summed E-state index contributed by atoms with van der Waals surface area (Å²) in [5.41, 5.74) is 0.559. The van der Waals surface area contributed by atoms with Crippen LogP contribution in [0.4, 0.5) is 0 Å². The lowest BCUT2D eigenvalue weighted by Crippen LogP contribution is -2.52. The Morgan fingerprint density at radius 3 is 2.45 bits per heavy atom. The van der Waals surface area contributed by atoms with Gasteiger partial charge in [-0.1, -0.05) is 20.8 Å². The van der Waals surface area contributed by atoms with Crippen LogP contribution in [0.1, 0.15) is 47.0 Å². The van der Waals surface area contributed by atoms with Crippen LogP contribution in [0.2, 0.25) is 0 Å². The molecule has 1 fully saturated rings. The van der Waals surface area contributed by atoms with Gasteiger partial charge in [0.1, 0.15) is 0 Å². The van der Waals surface area contributed by atoms with Crippen LogP contribution in [0.5, 0.6) is 0 Å². The van der Waals surface area contributed by atoms with E-state index in [4.69, 9.17) is 0 Å². The van der Waals surface area contributed by atoms with Gasteiger partial charge < -0.3 is 5.32 Å². The van der Waals surface area contributed by atoms with Crippen molar-refractivity contribution in [1.29, 1.82) is 0 Å². The molecule has 1 heteroatoms. The van der Waals surface area contributed by atoms with Crippen molar-refractivity contribution in [3.63, 3.8) is 0 Å². The van der Waals surface area contributed by atoms with Crippen LogP contribution in [0, 0.1) is 5.41 Å². The molecule has 0 aliphatic heterocycles. The lowest BCUT2D eigenvalue weighted by Gasteiger charge is -2.46. The molecule has 0 heterocycles. The molecule has 0 amide bonds. The fraction of sp³-hybridized carbons (Fsp3) is 1.00. The van der Waals surface area contributed by atoms with Gasteiger partial charge in [-0.3, -0.25) is 0 Å². The van der Waals surface area contributed by atoms with Crippen LogP contribution in [0.3, 0.4) is 0 Å². The van der Waals surface area contributed by atoms with Crippen LogP contribution in [-0.2, 0) is 0 Å². The van der Waals surface area contributed by atoms with Gasteiger partial charge >= 0.3 is 0 Å². The van der Waals surface area contributed by atoms with Gasteiger partial charge in [0.25, 0.3) is 0 Å². The first kappa shape index (κ1) is 9.05. The largest absolute Gasteiger partial charge is 0.311 e. The Kier molecular flexibility index (Phi) is 2.58. The third-order valence-corrected chi connectivity index (χ3v) is 3.12. The van der Waals surface area contributed by atoms with Crippen LogP contribution in [-0.4, -0.2) is 12.1 Å². The minimum Gasteiger partial charge on any atom is -0.311 e. The molecular formula is C10H21N.